The summed E-state index contributed by atoms with van der Waals surface area (Å²) in [4.78, 5) is 24.5. The molecule has 0 aromatic heterocycles. The number of amides is 1. The first-order valence-corrected chi connectivity index (χ1v) is 6.79. The molecule has 1 amide bonds. The number of nitrogen functional groups attached to an aromatic ring is 1. The van der Waals surface area contributed by atoms with E-state index in [1.54, 1.807) is 17.9 Å². The number of nitrogens with zero attached hydrogens (tertiary/aromatic N) is 1. The SMILES string of the molecule is CCN(C(=O)CCc1cccc(N)c1)C(C)CC(=O)O. The van der Waals surface area contributed by atoms with Crippen molar-refractivity contribution in [2.45, 2.75) is 39.2 Å². The molecule has 0 fully saturated rings. The summed E-state index contributed by atoms with van der Waals surface area (Å²) in [5, 5.41) is 8.80. The van der Waals surface area contributed by atoms with Crippen LogP contribution < -0.4 is 5.73 Å². The van der Waals surface area contributed by atoms with Gasteiger partial charge in [0, 0.05) is 24.7 Å². The summed E-state index contributed by atoms with van der Waals surface area (Å²) < 4.78 is 0. The van der Waals surface area contributed by atoms with E-state index in [2.05, 4.69) is 0 Å². The third-order valence-electron chi connectivity index (χ3n) is 3.24. The van der Waals surface area contributed by atoms with E-state index in [0.29, 0.717) is 25.1 Å². The van der Waals surface area contributed by atoms with Crippen LogP contribution in [0, 0.1) is 0 Å². The standard InChI is InChI=1S/C15H22N2O3/c1-3-17(11(2)9-15(19)20)14(18)8-7-12-5-4-6-13(16)10-12/h4-6,10-11H,3,7-9,16H2,1-2H3,(H,19,20). The van der Waals surface area contributed by atoms with Gasteiger partial charge in [0.25, 0.3) is 0 Å². The molecule has 1 atom stereocenters. The van der Waals surface area contributed by atoms with Crippen LogP contribution in [0.15, 0.2) is 24.3 Å². The Morgan fingerprint density at radius 1 is 1.40 bits per heavy atom. The van der Waals surface area contributed by atoms with Gasteiger partial charge in [0.1, 0.15) is 0 Å². The average Bonchev–Trinajstić information content (AvgIpc) is 2.36. The van der Waals surface area contributed by atoms with Crippen LogP contribution in [0.2, 0.25) is 0 Å². The first kappa shape index (κ1) is 16.0. The highest BCUT2D eigenvalue weighted by Gasteiger charge is 2.20. The quantitative estimate of drug-likeness (QED) is 0.746. The van der Waals surface area contributed by atoms with Gasteiger partial charge in [0.05, 0.1) is 6.42 Å². The van der Waals surface area contributed by atoms with Crippen molar-refractivity contribution in [3.05, 3.63) is 29.8 Å². The number of hydrogen-bond acceptors (Lipinski definition) is 3. The van der Waals surface area contributed by atoms with Crippen LogP contribution in [0.1, 0.15) is 32.3 Å². The summed E-state index contributed by atoms with van der Waals surface area (Å²) in [6.07, 6.45) is 0.944. The van der Waals surface area contributed by atoms with Crippen LogP contribution >= 0.6 is 0 Å². The zero-order chi connectivity index (χ0) is 15.1. The monoisotopic (exact) mass is 278 g/mol. The predicted molar refractivity (Wildman–Crippen MR) is 78.3 cm³/mol. The lowest BCUT2D eigenvalue weighted by Gasteiger charge is -2.27. The van der Waals surface area contributed by atoms with E-state index in [0.717, 1.165) is 5.56 Å². The van der Waals surface area contributed by atoms with E-state index in [1.165, 1.54) is 0 Å². The summed E-state index contributed by atoms with van der Waals surface area (Å²) in [5.74, 6) is -0.914. The molecule has 0 heterocycles. The number of benzene rings is 1. The Bertz CT molecular complexity index is 474. The summed E-state index contributed by atoms with van der Waals surface area (Å²) in [7, 11) is 0. The van der Waals surface area contributed by atoms with E-state index < -0.39 is 5.97 Å². The second-order valence-corrected chi connectivity index (χ2v) is 4.87. The smallest absolute Gasteiger partial charge is 0.305 e. The predicted octanol–water partition coefficient (Wildman–Crippen LogP) is 1.91. The highest BCUT2D eigenvalue weighted by molar-refractivity contribution is 5.77. The highest BCUT2D eigenvalue weighted by Crippen LogP contribution is 2.12. The Morgan fingerprint density at radius 3 is 2.65 bits per heavy atom. The van der Waals surface area contributed by atoms with Crippen molar-refractivity contribution in [1.29, 1.82) is 0 Å². The summed E-state index contributed by atoms with van der Waals surface area (Å²) >= 11 is 0. The van der Waals surface area contributed by atoms with Crippen molar-refractivity contribution in [3.8, 4) is 0 Å². The van der Waals surface area contributed by atoms with Crippen molar-refractivity contribution in [2.24, 2.45) is 0 Å². The summed E-state index contributed by atoms with van der Waals surface area (Å²) in [6.45, 7) is 4.14. The molecule has 0 bridgehead atoms. The highest BCUT2D eigenvalue weighted by atomic mass is 16.4. The molecule has 0 spiro atoms. The topological polar surface area (TPSA) is 83.6 Å². The Hall–Kier alpha value is -2.04. The fourth-order valence-corrected chi connectivity index (χ4v) is 2.24. The first-order valence-electron chi connectivity index (χ1n) is 6.79. The Labute approximate surface area is 119 Å². The zero-order valence-electron chi connectivity index (χ0n) is 12.0. The Morgan fingerprint density at radius 2 is 2.10 bits per heavy atom. The third-order valence-corrected chi connectivity index (χ3v) is 3.24. The van der Waals surface area contributed by atoms with Crippen LogP contribution in [0.5, 0.6) is 0 Å². The molecule has 1 aromatic rings. The molecule has 1 aromatic carbocycles. The van der Waals surface area contributed by atoms with Crippen molar-refractivity contribution >= 4 is 17.6 Å². The molecule has 0 aliphatic heterocycles. The molecule has 110 valence electrons. The lowest BCUT2D eigenvalue weighted by molar-refractivity contribution is -0.140. The van der Waals surface area contributed by atoms with Crippen LogP contribution in [-0.2, 0) is 16.0 Å². The van der Waals surface area contributed by atoms with Crippen LogP contribution in [0.4, 0.5) is 5.69 Å². The van der Waals surface area contributed by atoms with Gasteiger partial charge in [-0.1, -0.05) is 12.1 Å². The number of anilines is 1. The normalized spacial score (nSPS) is 11.9. The number of carboxylic acids is 1. The molecule has 0 saturated carbocycles. The van der Waals surface area contributed by atoms with E-state index in [1.807, 2.05) is 25.1 Å². The average molecular weight is 278 g/mol. The fraction of sp³-hybridized carbons (Fsp3) is 0.467. The van der Waals surface area contributed by atoms with Gasteiger partial charge in [0.2, 0.25) is 5.91 Å². The number of carboxylic acid groups (broad SMARTS) is 1. The van der Waals surface area contributed by atoms with Crippen molar-refractivity contribution in [1.82, 2.24) is 4.90 Å². The van der Waals surface area contributed by atoms with Gasteiger partial charge in [0.15, 0.2) is 0 Å². The first-order chi connectivity index (χ1) is 9.43. The van der Waals surface area contributed by atoms with E-state index in [4.69, 9.17) is 10.8 Å². The second-order valence-electron chi connectivity index (χ2n) is 4.87. The minimum absolute atomic E-state index is 0.0244. The van der Waals surface area contributed by atoms with Crippen molar-refractivity contribution < 1.29 is 14.7 Å². The Kier molecular flexibility index (Phi) is 6.03. The molecule has 1 unspecified atom stereocenters. The number of nitrogens with two attached hydrogens (primary N) is 1. The maximum Gasteiger partial charge on any atom is 0.305 e. The van der Waals surface area contributed by atoms with Crippen molar-refractivity contribution in [2.75, 3.05) is 12.3 Å². The molecule has 0 radical (unpaired) electrons. The van der Waals surface area contributed by atoms with Crippen LogP contribution in [-0.4, -0.2) is 34.5 Å². The molecule has 0 aliphatic carbocycles. The summed E-state index contributed by atoms with van der Waals surface area (Å²) in [5.41, 5.74) is 7.39. The van der Waals surface area contributed by atoms with Gasteiger partial charge in [-0.3, -0.25) is 9.59 Å². The molecule has 20 heavy (non-hydrogen) atoms. The largest absolute Gasteiger partial charge is 0.481 e. The second kappa shape index (κ2) is 7.53. The van der Waals surface area contributed by atoms with Gasteiger partial charge >= 0.3 is 5.97 Å². The summed E-state index contributed by atoms with van der Waals surface area (Å²) in [6, 6.07) is 7.16. The molecular formula is C15H22N2O3. The van der Waals surface area contributed by atoms with E-state index in [-0.39, 0.29) is 18.4 Å². The number of carbonyl (C=O) groups excluding carboxylic acids is 1. The molecule has 0 aliphatic rings. The molecule has 5 heteroatoms. The molecule has 0 saturated heterocycles. The number of aryl methyl sites for hydroxylation is 1. The van der Waals surface area contributed by atoms with E-state index >= 15 is 0 Å². The van der Waals surface area contributed by atoms with Crippen LogP contribution in [0.25, 0.3) is 0 Å². The zero-order valence-corrected chi connectivity index (χ0v) is 12.0. The third kappa shape index (κ3) is 4.91. The van der Waals surface area contributed by atoms with Gasteiger partial charge in [-0.15, -0.1) is 0 Å². The minimum Gasteiger partial charge on any atom is -0.481 e. The number of carbonyl (C=O) groups is 2. The lowest BCUT2D eigenvalue weighted by Crippen LogP contribution is -2.39. The minimum atomic E-state index is -0.889. The van der Waals surface area contributed by atoms with Crippen molar-refractivity contribution in [3.63, 3.8) is 0 Å². The van der Waals surface area contributed by atoms with Gasteiger partial charge in [-0.25, -0.2) is 0 Å². The Balaban J connectivity index is 2.57. The molecule has 5 nitrogen and oxygen atoms in total. The van der Waals surface area contributed by atoms with E-state index in [9.17, 15) is 9.59 Å². The number of rotatable bonds is 7. The maximum atomic E-state index is 12.2. The fourth-order valence-electron chi connectivity index (χ4n) is 2.24. The van der Waals surface area contributed by atoms with Crippen LogP contribution in [0.3, 0.4) is 0 Å². The van der Waals surface area contributed by atoms with Gasteiger partial charge in [-0.2, -0.15) is 0 Å². The molecule has 1 rings (SSSR count). The number of aliphatic carboxylic acids is 1. The molecular weight excluding hydrogens is 256 g/mol. The lowest BCUT2D eigenvalue weighted by atomic mass is 10.1. The maximum absolute atomic E-state index is 12.2. The van der Waals surface area contributed by atoms with Gasteiger partial charge in [-0.05, 0) is 38.0 Å². The van der Waals surface area contributed by atoms with Gasteiger partial charge < -0.3 is 15.7 Å². The number of hydrogen-bond donors (Lipinski definition) is 2. The molecule has 3 N–H and O–H groups in total.